The Kier molecular flexibility index (Phi) is 4.61. The lowest BCUT2D eigenvalue weighted by Crippen LogP contribution is -2.38. The summed E-state index contributed by atoms with van der Waals surface area (Å²) in [6, 6.07) is 8.76. The second-order valence-corrected chi connectivity index (χ2v) is 7.75. The minimum atomic E-state index is 0.314. The third-order valence-electron chi connectivity index (χ3n) is 3.96. The Bertz CT molecular complexity index is 420. The first-order valence-corrected chi connectivity index (χ1v) is 9.21. The summed E-state index contributed by atoms with van der Waals surface area (Å²) in [6.07, 6.45) is 2.20. The fourth-order valence-corrected chi connectivity index (χ4v) is 5.73. The van der Waals surface area contributed by atoms with Crippen molar-refractivity contribution in [3.8, 4) is 5.75 Å². The highest BCUT2D eigenvalue weighted by molar-refractivity contribution is 8.06. The second-order valence-electron chi connectivity index (χ2n) is 5.26. The molecule has 0 saturated carbocycles. The zero-order valence-corrected chi connectivity index (χ0v) is 12.7. The van der Waals surface area contributed by atoms with E-state index in [4.69, 9.17) is 10.5 Å². The number of nitrogens with two attached hydrogens (primary N) is 1. The normalized spacial score (nSPS) is 28.3. The Morgan fingerprint density at radius 3 is 3.05 bits per heavy atom. The van der Waals surface area contributed by atoms with Crippen LogP contribution in [0.1, 0.15) is 24.3 Å². The molecule has 3 rings (SSSR count). The molecule has 2 aliphatic rings. The van der Waals surface area contributed by atoms with Gasteiger partial charge in [-0.1, -0.05) is 18.2 Å². The highest BCUT2D eigenvalue weighted by Crippen LogP contribution is 2.38. The Hall–Kier alpha value is -0.320. The van der Waals surface area contributed by atoms with E-state index in [1.165, 1.54) is 22.8 Å². The van der Waals surface area contributed by atoms with E-state index in [-0.39, 0.29) is 0 Å². The van der Waals surface area contributed by atoms with Gasteiger partial charge >= 0.3 is 0 Å². The fourth-order valence-electron chi connectivity index (χ4n) is 2.89. The van der Waals surface area contributed by atoms with E-state index in [0.29, 0.717) is 17.2 Å². The summed E-state index contributed by atoms with van der Waals surface area (Å²) in [4.78, 5) is 0. The molecule has 104 valence electrons. The molecule has 4 heteroatoms. The van der Waals surface area contributed by atoms with Crippen LogP contribution >= 0.6 is 23.5 Å². The maximum absolute atomic E-state index is 6.46. The van der Waals surface area contributed by atoms with Gasteiger partial charge in [0.1, 0.15) is 5.75 Å². The minimum absolute atomic E-state index is 0.314. The van der Waals surface area contributed by atoms with Gasteiger partial charge < -0.3 is 10.5 Å². The van der Waals surface area contributed by atoms with E-state index in [1.807, 2.05) is 0 Å². The van der Waals surface area contributed by atoms with E-state index >= 15 is 0 Å². The summed E-state index contributed by atoms with van der Waals surface area (Å²) in [5.41, 5.74) is 7.82. The Balaban J connectivity index is 1.66. The monoisotopic (exact) mass is 295 g/mol. The van der Waals surface area contributed by atoms with Crippen molar-refractivity contribution < 1.29 is 4.74 Å². The molecule has 1 fully saturated rings. The lowest BCUT2D eigenvalue weighted by atomic mass is 9.87. The maximum atomic E-state index is 6.46. The number of para-hydroxylation sites is 1. The standard InChI is InChI=1S/C15H21NOS2/c16-13(15-10-18-7-8-19-15)9-11-5-6-17-14-4-2-1-3-12(11)14/h1-4,11,13,15H,5-10,16H2. The molecular weight excluding hydrogens is 274 g/mol. The molecule has 19 heavy (non-hydrogen) atoms. The molecule has 1 aromatic carbocycles. The van der Waals surface area contributed by atoms with Crippen LogP contribution in [0.2, 0.25) is 0 Å². The van der Waals surface area contributed by atoms with Crippen LogP contribution in [0.25, 0.3) is 0 Å². The molecule has 0 aromatic heterocycles. The van der Waals surface area contributed by atoms with E-state index in [2.05, 4.69) is 47.8 Å². The molecule has 1 saturated heterocycles. The van der Waals surface area contributed by atoms with Gasteiger partial charge in [-0.05, 0) is 30.4 Å². The van der Waals surface area contributed by atoms with Gasteiger partial charge in [0.25, 0.3) is 0 Å². The van der Waals surface area contributed by atoms with Crippen molar-refractivity contribution in [3.63, 3.8) is 0 Å². The number of thioether (sulfide) groups is 2. The van der Waals surface area contributed by atoms with Gasteiger partial charge in [-0.2, -0.15) is 23.5 Å². The quantitative estimate of drug-likeness (QED) is 0.929. The molecule has 2 N–H and O–H groups in total. The zero-order valence-electron chi connectivity index (χ0n) is 11.1. The van der Waals surface area contributed by atoms with Crippen LogP contribution in [0.4, 0.5) is 0 Å². The van der Waals surface area contributed by atoms with E-state index in [0.717, 1.165) is 25.2 Å². The minimum Gasteiger partial charge on any atom is -0.493 e. The SMILES string of the molecule is NC(CC1CCOc2ccccc21)C1CSCCS1. The second kappa shape index (κ2) is 6.42. The molecule has 0 aliphatic carbocycles. The summed E-state index contributed by atoms with van der Waals surface area (Å²) in [5.74, 6) is 5.40. The van der Waals surface area contributed by atoms with Gasteiger partial charge in [0, 0.05) is 28.6 Å². The number of hydrogen-bond acceptors (Lipinski definition) is 4. The molecule has 2 heterocycles. The van der Waals surface area contributed by atoms with Crippen LogP contribution in [-0.4, -0.2) is 35.2 Å². The number of fused-ring (bicyclic) bond motifs is 1. The first-order valence-electron chi connectivity index (χ1n) is 7.01. The largest absolute Gasteiger partial charge is 0.493 e. The first kappa shape index (κ1) is 13.7. The molecule has 1 aromatic rings. The summed E-state index contributed by atoms with van der Waals surface area (Å²) in [5, 5.41) is 0.633. The van der Waals surface area contributed by atoms with Crippen molar-refractivity contribution in [1.29, 1.82) is 0 Å². The van der Waals surface area contributed by atoms with Gasteiger partial charge in [-0.25, -0.2) is 0 Å². The average molecular weight is 295 g/mol. The number of ether oxygens (including phenoxy) is 1. The molecule has 0 radical (unpaired) electrons. The average Bonchev–Trinajstić information content (AvgIpc) is 2.48. The summed E-state index contributed by atoms with van der Waals surface area (Å²) < 4.78 is 5.73. The third-order valence-corrected chi connectivity index (χ3v) is 6.90. The molecule has 2 nitrogen and oxygen atoms in total. The molecule has 3 atom stereocenters. The first-order chi connectivity index (χ1) is 9.34. The third kappa shape index (κ3) is 3.23. The van der Waals surface area contributed by atoms with E-state index in [1.54, 1.807) is 0 Å². The summed E-state index contributed by atoms with van der Waals surface area (Å²) >= 11 is 4.12. The Morgan fingerprint density at radius 2 is 2.21 bits per heavy atom. The molecule has 0 spiro atoms. The van der Waals surface area contributed by atoms with Crippen LogP contribution in [0, 0.1) is 0 Å². The molecule has 2 aliphatic heterocycles. The summed E-state index contributed by atoms with van der Waals surface area (Å²) in [6.45, 7) is 0.834. The van der Waals surface area contributed by atoms with Gasteiger partial charge in [0.15, 0.2) is 0 Å². The van der Waals surface area contributed by atoms with Crippen molar-refractivity contribution in [2.75, 3.05) is 23.9 Å². The predicted molar refractivity (Wildman–Crippen MR) is 85.5 cm³/mol. The van der Waals surface area contributed by atoms with Crippen molar-refractivity contribution in [2.45, 2.75) is 30.1 Å². The lowest BCUT2D eigenvalue weighted by molar-refractivity contribution is 0.259. The number of rotatable bonds is 3. The van der Waals surface area contributed by atoms with Gasteiger partial charge in [-0.3, -0.25) is 0 Å². The van der Waals surface area contributed by atoms with Crippen molar-refractivity contribution in [1.82, 2.24) is 0 Å². The van der Waals surface area contributed by atoms with Crippen LogP contribution < -0.4 is 10.5 Å². The van der Waals surface area contributed by atoms with Gasteiger partial charge in [0.05, 0.1) is 6.61 Å². The highest BCUT2D eigenvalue weighted by Gasteiger charge is 2.28. The van der Waals surface area contributed by atoms with E-state index in [9.17, 15) is 0 Å². The highest BCUT2D eigenvalue weighted by atomic mass is 32.2. The summed E-state index contributed by atoms with van der Waals surface area (Å²) in [7, 11) is 0. The van der Waals surface area contributed by atoms with Crippen LogP contribution in [0.3, 0.4) is 0 Å². The van der Waals surface area contributed by atoms with Crippen molar-refractivity contribution in [2.24, 2.45) is 5.73 Å². The van der Waals surface area contributed by atoms with Gasteiger partial charge in [-0.15, -0.1) is 0 Å². The van der Waals surface area contributed by atoms with E-state index < -0.39 is 0 Å². The van der Waals surface area contributed by atoms with Gasteiger partial charge in [0.2, 0.25) is 0 Å². The van der Waals surface area contributed by atoms with Crippen LogP contribution in [-0.2, 0) is 0 Å². The molecule has 0 bridgehead atoms. The van der Waals surface area contributed by atoms with Crippen LogP contribution in [0.15, 0.2) is 24.3 Å². The smallest absolute Gasteiger partial charge is 0.122 e. The van der Waals surface area contributed by atoms with Crippen molar-refractivity contribution in [3.05, 3.63) is 29.8 Å². The maximum Gasteiger partial charge on any atom is 0.122 e. The number of benzene rings is 1. The number of hydrogen-bond donors (Lipinski definition) is 1. The fraction of sp³-hybridized carbons (Fsp3) is 0.600. The molecule has 3 unspecified atom stereocenters. The Morgan fingerprint density at radius 1 is 1.32 bits per heavy atom. The lowest BCUT2D eigenvalue weighted by Gasteiger charge is -2.32. The Labute approximate surface area is 123 Å². The zero-order chi connectivity index (χ0) is 13.1. The molecule has 0 amide bonds. The predicted octanol–water partition coefficient (Wildman–Crippen LogP) is 3.12. The molecular formula is C15H21NOS2. The van der Waals surface area contributed by atoms with Crippen LogP contribution in [0.5, 0.6) is 5.75 Å². The van der Waals surface area contributed by atoms with Crippen molar-refractivity contribution >= 4 is 23.5 Å². The topological polar surface area (TPSA) is 35.2 Å².